The molecule has 130 valence electrons. The summed E-state index contributed by atoms with van der Waals surface area (Å²) < 4.78 is 8.28. The number of rotatable bonds is 7. The summed E-state index contributed by atoms with van der Waals surface area (Å²) in [6.07, 6.45) is 3.69. The lowest BCUT2D eigenvalue weighted by Crippen LogP contribution is -2.32. The first-order valence-corrected chi connectivity index (χ1v) is 8.55. The molecule has 0 amide bonds. The molecule has 2 heterocycles. The fraction of sp³-hybridized carbons (Fsp3) is 0.353. The molecule has 7 nitrogen and oxygen atoms in total. The van der Waals surface area contributed by atoms with Crippen LogP contribution >= 0.6 is 11.6 Å². The number of hydrogen-bond acceptors (Lipinski definition) is 5. The van der Waals surface area contributed by atoms with Gasteiger partial charge in [-0.25, -0.2) is 9.48 Å². The first-order valence-electron chi connectivity index (χ1n) is 8.18. The average molecular weight is 360 g/mol. The fourth-order valence-corrected chi connectivity index (χ4v) is 3.09. The number of nitrogens with one attached hydrogen (secondary N) is 1. The minimum atomic E-state index is -0.259. The molecule has 0 spiro atoms. The van der Waals surface area contributed by atoms with Crippen molar-refractivity contribution in [3.8, 4) is 0 Å². The van der Waals surface area contributed by atoms with Crippen molar-refractivity contribution in [2.24, 2.45) is 0 Å². The van der Waals surface area contributed by atoms with Crippen molar-refractivity contribution in [3.63, 3.8) is 0 Å². The van der Waals surface area contributed by atoms with E-state index in [2.05, 4.69) is 21.6 Å². The predicted molar refractivity (Wildman–Crippen MR) is 93.6 cm³/mol. The Kier molecular flexibility index (Phi) is 4.29. The van der Waals surface area contributed by atoms with E-state index in [1.54, 1.807) is 18.3 Å². The van der Waals surface area contributed by atoms with E-state index in [0.717, 1.165) is 17.9 Å². The molecule has 0 radical (unpaired) electrons. The minimum absolute atomic E-state index is 0.0330. The second kappa shape index (κ2) is 6.59. The third-order valence-corrected chi connectivity index (χ3v) is 4.68. The summed E-state index contributed by atoms with van der Waals surface area (Å²) in [7, 11) is 0. The van der Waals surface area contributed by atoms with Gasteiger partial charge in [0.1, 0.15) is 0 Å². The minimum Gasteiger partial charge on any atom is -0.364 e. The van der Waals surface area contributed by atoms with E-state index < -0.39 is 0 Å². The zero-order chi connectivity index (χ0) is 17.3. The van der Waals surface area contributed by atoms with Crippen LogP contribution in [0.3, 0.4) is 0 Å². The van der Waals surface area contributed by atoms with Crippen molar-refractivity contribution < 1.29 is 4.74 Å². The molecule has 1 aliphatic rings. The molecule has 0 atom stereocenters. The molecule has 0 aliphatic heterocycles. The molecule has 1 fully saturated rings. The van der Waals surface area contributed by atoms with Crippen LogP contribution in [-0.4, -0.2) is 32.7 Å². The number of hydrogen-bond donors (Lipinski definition) is 1. The lowest BCUT2D eigenvalue weighted by atomic mass is 10.1. The second-order valence-electron chi connectivity index (χ2n) is 6.12. The summed E-state index contributed by atoms with van der Waals surface area (Å²) in [4.78, 5) is 12.1. The van der Waals surface area contributed by atoms with E-state index >= 15 is 0 Å². The highest BCUT2D eigenvalue weighted by Gasteiger charge is 2.43. The van der Waals surface area contributed by atoms with Crippen LogP contribution < -0.4 is 11.0 Å². The Balaban J connectivity index is 1.30. The van der Waals surface area contributed by atoms with Gasteiger partial charge < -0.3 is 4.74 Å². The lowest BCUT2D eigenvalue weighted by Gasteiger charge is -2.18. The smallest absolute Gasteiger partial charge is 0.364 e. The predicted octanol–water partition coefficient (Wildman–Crippen LogP) is 1.80. The van der Waals surface area contributed by atoms with Gasteiger partial charge in [0, 0.05) is 16.8 Å². The van der Waals surface area contributed by atoms with E-state index in [1.165, 1.54) is 14.8 Å². The Bertz CT molecular complexity index is 947. The molecule has 0 bridgehead atoms. The SMILES string of the molecule is O=c1n(CCOCNC2(c3cccc(Cl)c3)CC2)nc2cccnn12. The normalized spacial score (nSPS) is 15.6. The van der Waals surface area contributed by atoms with Crippen LogP contribution in [0.2, 0.25) is 5.02 Å². The van der Waals surface area contributed by atoms with Gasteiger partial charge in [-0.2, -0.15) is 9.61 Å². The third-order valence-electron chi connectivity index (χ3n) is 4.44. The maximum Gasteiger partial charge on any atom is 0.367 e. The van der Waals surface area contributed by atoms with Crippen LogP contribution in [0.15, 0.2) is 47.4 Å². The van der Waals surface area contributed by atoms with Crippen LogP contribution in [0.5, 0.6) is 0 Å². The number of aromatic nitrogens is 4. The van der Waals surface area contributed by atoms with E-state index in [4.69, 9.17) is 16.3 Å². The van der Waals surface area contributed by atoms with E-state index in [1.807, 2.05) is 18.2 Å². The van der Waals surface area contributed by atoms with E-state index in [0.29, 0.717) is 25.5 Å². The Labute approximate surface area is 149 Å². The summed E-state index contributed by atoms with van der Waals surface area (Å²) in [5.74, 6) is 0. The van der Waals surface area contributed by atoms with Gasteiger partial charge >= 0.3 is 5.69 Å². The molecule has 0 saturated heterocycles. The van der Waals surface area contributed by atoms with Crippen LogP contribution in [0, 0.1) is 0 Å². The molecule has 1 aliphatic carbocycles. The third kappa shape index (κ3) is 3.30. The molecular formula is C17H18ClN5O2. The number of ether oxygens (including phenoxy) is 1. The molecule has 1 N–H and O–H groups in total. The summed E-state index contributed by atoms with van der Waals surface area (Å²) >= 11 is 6.07. The van der Waals surface area contributed by atoms with Crippen molar-refractivity contribution in [2.45, 2.75) is 24.9 Å². The van der Waals surface area contributed by atoms with Gasteiger partial charge in [0.15, 0.2) is 5.65 Å². The Morgan fingerprint density at radius 1 is 1.28 bits per heavy atom. The van der Waals surface area contributed by atoms with Gasteiger partial charge in [0.05, 0.1) is 19.9 Å². The maximum atomic E-state index is 12.1. The summed E-state index contributed by atoms with van der Waals surface area (Å²) in [5, 5.41) is 12.4. The number of fused-ring (bicyclic) bond motifs is 1. The van der Waals surface area contributed by atoms with Crippen LogP contribution in [0.4, 0.5) is 0 Å². The highest BCUT2D eigenvalue weighted by atomic mass is 35.5. The first-order chi connectivity index (χ1) is 12.2. The van der Waals surface area contributed by atoms with Gasteiger partial charge in [-0.1, -0.05) is 23.7 Å². The van der Waals surface area contributed by atoms with Gasteiger partial charge in [-0.3, -0.25) is 5.32 Å². The second-order valence-corrected chi connectivity index (χ2v) is 6.56. The number of nitrogens with zero attached hydrogens (tertiary/aromatic N) is 4. The summed E-state index contributed by atoms with van der Waals surface area (Å²) in [6.45, 7) is 1.18. The quantitative estimate of drug-likeness (QED) is 0.514. The Morgan fingerprint density at radius 2 is 2.16 bits per heavy atom. The molecule has 25 heavy (non-hydrogen) atoms. The van der Waals surface area contributed by atoms with Crippen molar-refractivity contribution >= 4 is 17.2 Å². The fourth-order valence-electron chi connectivity index (χ4n) is 2.90. The van der Waals surface area contributed by atoms with Gasteiger partial charge in [-0.15, -0.1) is 5.10 Å². The number of benzene rings is 1. The number of halogens is 1. The average Bonchev–Trinajstić information content (AvgIpc) is 3.35. The van der Waals surface area contributed by atoms with Gasteiger partial charge in [0.2, 0.25) is 0 Å². The molecule has 1 aromatic carbocycles. The zero-order valence-electron chi connectivity index (χ0n) is 13.6. The van der Waals surface area contributed by atoms with Crippen molar-refractivity contribution in [3.05, 3.63) is 63.7 Å². The molecular weight excluding hydrogens is 342 g/mol. The standard InChI is InChI=1S/C17H18ClN5O2/c18-14-4-1-3-13(11-14)17(6-7-17)19-12-25-10-9-22-16(24)23-15(21-22)5-2-8-20-23/h1-5,8,11,19H,6-7,9-10,12H2. The Morgan fingerprint density at radius 3 is 2.92 bits per heavy atom. The molecule has 4 rings (SSSR count). The molecule has 8 heteroatoms. The molecule has 2 aromatic heterocycles. The largest absolute Gasteiger partial charge is 0.367 e. The van der Waals surface area contributed by atoms with Crippen molar-refractivity contribution in [2.75, 3.05) is 13.3 Å². The topological polar surface area (TPSA) is 73.4 Å². The highest BCUT2D eigenvalue weighted by Crippen LogP contribution is 2.45. The van der Waals surface area contributed by atoms with Crippen LogP contribution in [0.25, 0.3) is 5.65 Å². The van der Waals surface area contributed by atoms with E-state index in [-0.39, 0.29) is 11.2 Å². The lowest BCUT2D eigenvalue weighted by molar-refractivity contribution is 0.0956. The molecule has 3 aromatic rings. The highest BCUT2D eigenvalue weighted by molar-refractivity contribution is 6.30. The van der Waals surface area contributed by atoms with Crippen molar-refractivity contribution in [1.29, 1.82) is 0 Å². The van der Waals surface area contributed by atoms with Crippen LogP contribution in [-0.2, 0) is 16.8 Å². The molecule has 0 unspecified atom stereocenters. The van der Waals surface area contributed by atoms with Gasteiger partial charge in [0.25, 0.3) is 0 Å². The maximum absolute atomic E-state index is 12.1. The van der Waals surface area contributed by atoms with Gasteiger partial charge in [-0.05, 0) is 42.7 Å². The summed E-state index contributed by atoms with van der Waals surface area (Å²) in [6, 6.07) is 11.4. The van der Waals surface area contributed by atoms with E-state index in [9.17, 15) is 4.79 Å². The van der Waals surface area contributed by atoms with Crippen LogP contribution in [0.1, 0.15) is 18.4 Å². The zero-order valence-corrected chi connectivity index (χ0v) is 14.3. The summed E-state index contributed by atoms with van der Waals surface area (Å²) in [5.41, 5.74) is 1.42. The van der Waals surface area contributed by atoms with Crippen molar-refractivity contribution in [1.82, 2.24) is 24.7 Å². The Hall–Kier alpha value is -2.22. The first kappa shape index (κ1) is 16.3. The molecule has 1 saturated carbocycles. The monoisotopic (exact) mass is 359 g/mol.